The Morgan fingerprint density at radius 2 is 1.60 bits per heavy atom. The fourth-order valence-electron chi connectivity index (χ4n) is 3.33. The van der Waals surface area contributed by atoms with Gasteiger partial charge in [0.1, 0.15) is 17.5 Å². The number of ether oxygens (including phenoxy) is 2. The molecule has 2 aromatic carbocycles. The van der Waals surface area contributed by atoms with E-state index in [4.69, 9.17) is 9.47 Å². The van der Waals surface area contributed by atoms with Gasteiger partial charge in [0, 0.05) is 32.2 Å². The van der Waals surface area contributed by atoms with Gasteiger partial charge >= 0.3 is 6.09 Å². The first kappa shape index (κ1) is 22.2. The Morgan fingerprint density at radius 1 is 1.00 bits per heavy atom. The lowest BCUT2D eigenvalue weighted by Gasteiger charge is -2.33. The number of piperidine rings is 1. The Morgan fingerprint density at radius 3 is 2.20 bits per heavy atom. The largest absolute Gasteiger partial charge is 0.490 e. The maximum Gasteiger partial charge on any atom is 0.410 e. The van der Waals surface area contributed by atoms with Crippen molar-refractivity contribution in [2.45, 2.75) is 50.2 Å². The van der Waals surface area contributed by atoms with Crippen molar-refractivity contribution in [2.24, 2.45) is 0 Å². The van der Waals surface area contributed by atoms with Crippen LogP contribution in [0.2, 0.25) is 0 Å². The summed E-state index contributed by atoms with van der Waals surface area (Å²) in [6.45, 7) is 6.77. The van der Waals surface area contributed by atoms with Crippen molar-refractivity contribution in [3.05, 3.63) is 48.5 Å². The van der Waals surface area contributed by atoms with Crippen LogP contribution in [0, 0.1) is 0 Å². The molecule has 7 heteroatoms. The van der Waals surface area contributed by atoms with Gasteiger partial charge in [-0.2, -0.15) is 0 Å². The van der Waals surface area contributed by atoms with Gasteiger partial charge < -0.3 is 14.4 Å². The van der Waals surface area contributed by atoms with Gasteiger partial charge in [-0.25, -0.2) is 13.2 Å². The van der Waals surface area contributed by atoms with Gasteiger partial charge in [-0.3, -0.25) is 0 Å². The summed E-state index contributed by atoms with van der Waals surface area (Å²) in [5.41, 5.74) is 1.21. The zero-order valence-electron chi connectivity index (χ0n) is 17.9. The summed E-state index contributed by atoms with van der Waals surface area (Å²) < 4.78 is 35.3. The standard InChI is InChI=1S/C23H29NO5S/c1-23(2,3)29-22(25)24-13-11-19(12-14-24)28-20-9-5-7-17(15-20)18-8-6-10-21(16-18)30(4,26)27/h5-10,15-16,19H,11-14H2,1-4H3. The molecular weight excluding hydrogens is 402 g/mol. The molecule has 0 unspecified atom stereocenters. The molecule has 1 fully saturated rings. The van der Waals surface area contributed by atoms with E-state index in [-0.39, 0.29) is 12.2 Å². The second-order valence-corrected chi connectivity index (χ2v) is 10.6. The van der Waals surface area contributed by atoms with Crippen LogP contribution < -0.4 is 4.74 Å². The van der Waals surface area contributed by atoms with E-state index < -0.39 is 15.4 Å². The van der Waals surface area contributed by atoms with E-state index in [1.807, 2.05) is 51.1 Å². The highest BCUT2D eigenvalue weighted by molar-refractivity contribution is 7.90. The average molecular weight is 432 g/mol. The molecular formula is C23H29NO5S. The monoisotopic (exact) mass is 431 g/mol. The normalized spacial score (nSPS) is 15.7. The Labute approximate surface area is 178 Å². The molecule has 0 spiro atoms. The predicted octanol–water partition coefficient (Wildman–Crippen LogP) is 4.54. The fourth-order valence-corrected chi connectivity index (χ4v) is 4.00. The van der Waals surface area contributed by atoms with Crippen molar-refractivity contribution in [2.75, 3.05) is 19.3 Å². The highest BCUT2D eigenvalue weighted by Crippen LogP contribution is 2.28. The first-order valence-corrected chi connectivity index (χ1v) is 12.0. The number of sulfone groups is 1. The lowest BCUT2D eigenvalue weighted by Crippen LogP contribution is -2.44. The number of hydrogen-bond donors (Lipinski definition) is 0. The fraction of sp³-hybridized carbons (Fsp3) is 0.435. The zero-order chi connectivity index (χ0) is 21.9. The average Bonchev–Trinajstić information content (AvgIpc) is 2.67. The van der Waals surface area contributed by atoms with Crippen LogP contribution in [0.25, 0.3) is 11.1 Å². The number of nitrogens with zero attached hydrogens (tertiary/aromatic N) is 1. The van der Waals surface area contributed by atoms with Crippen LogP contribution in [0.1, 0.15) is 33.6 Å². The second-order valence-electron chi connectivity index (χ2n) is 8.61. The zero-order valence-corrected chi connectivity index (χ0v) is 18.7. The highest BCUT2D eigenvalue weighted by atomic mass is 32.2. The van der Waals surface area contributed by atoms with Crippen molar-refractivity contribution in [3.63, 3.8) is 0 Å². The smallest absolute Gasteiger partial charge is 0.410 e. The minimum absolute atomic E-state index is 0.0151. The summed E-state index contributed by atoms with van der Waals surface area (Å²) in [4.78, 5) is 14.2. The van der Waals surface area contributed by atoms with E-state index in [0.29, 0.717) is 18.0 Å². The van der Waals surface area contributed by atoms with E-state index in [1.54, 1.807) is 23.1 Å². The van der Waals surface area contributed by atoms with Crippen LogP contribution in [0.5, 0.6) is 5.75 Å². The van der Waals surface area contributed by atoms with Gasteiger partial charge in [-0.05, 0) is 56.2 Å². The molecule has 30 heavy (non-hydrogen) atoms. The molecule has 6 nitrogen and oxygen atoms in total. The van der Waals surface area contributed by atoms with E-state index >= 15 is 0 Å². The van der Waals surface area contributed by atoms with E-state index in [9.17, 15) is 13.2 Å². The Hall–Kier alpha value is -2.54. The van der Waals surface area contributed by atoms with Crippen molar-refractivity contribution >= 4 is 15.9 Å². The van der Waals surface area contributed by atoms with Crippen molar-refractivity contribution in [1.29, 1.82) is 0 Å². The first-order chi connectivity index (χ1) is 14.0. The van der Waals surface area contributed by atoms with E-state index in [0.717, 1.165) is 29.7 Å². The third-order valence-electron chi connectivity index (χ3n) is 4.83. The van der Waals surface area contributed by atoms with Gasteiger partial charge in [0.05, 0.1) is 4.90 Å². The summed E-state index contributed by atoms with van der Waals surface area (Å²) in [6.07, 6.45) is 2.39. The van der Waals surface area contributed by atoms with Crippen LogP contribution in [0.4, 0.5) is 4.79 Å². The van der Waals surface area contributed by atoms with Crippen molar-refractivity contribution in [1.82, 2.24) is 4.90 Å². The lowest BCUT2D eigenvalue weighted by molar-refractivity contribution is 0.0126. The molecule has 1 saturated heterocycles. The van der Waals surface area contributed by atoms with Crippen LogP contribution in [0.3, 0.4) is 0 Å². The highest BCUT2D eigenvalue weighted by Gasteiger charge is 2.27. The molecule has 1 amide bonds. The van der Waals surface area contributed by atoms with Gasteiger partial charge in [-0.1, -0.05) is 24.3 Å². The molecule has 1 heterocycles. The maximum atomic E-state index is 12.2. The van der Waals surface area contributed by atoms with Gasteiger partial charge in [0.15, 0.2) is 9.84 Å². The molecule has 0 radical (unpaired) electrons. The second kappa shape index (κ2) is 8.68. The van der Waals surface area contributed by atoms with Gasteiger partial charge in [0.2, 0.25) is 0 Å². The molecule has 3 rings (SSSR count). The number of rotatable bonds is 4. The Bertz CT molecular complexity index is 1000. The topological polar surface area (TPSA) is 72.9 Å². The van der Waals surface area contributed by atoms with E-state index in [1.165, 1.54) is 6.26 Å². The summed E-state index contributed by atoms with van der Waals surface area (Å²) in [5.74, 6) is 0.730. The molecule has 0 bridgehead atoms. The van der Waals surface area contributed by atoms with Crippen LogP contribution >= 0.6 is 0 Å². The van der Waals surface area contributed by atoms with Gasteiger partial charge in [-0.15, -0.1) is 0 Å². The number of carbonyl (C=O) groups excluding carboxylic acids is 1. The molecule has 1 aliphatic rings. The predicted molar refractivity (Wildman–Crippen MR) is 116 cm³/mol. The summed E-state index contributed by atoms with van der Waals surface area (Å²) in [5, 5.41) is 0. The summed E-state index contributed by atoms with van der Waals surface area (Å²) in [7, 11) is -3.26. The summed E-state index contributed by atoms with van der Waals surface area (Å²) in [6, 6.07) is 14.5. The van der Waals surface area contributed by atoms with Gasteiger partial charge in [0.25, 0.3) is 0 Å². The van der Waals surface area contributed by atoms with Crippen LogP contribution in [-0.2, 0) is 14.6 Å². The number of hydrogen-bond acceptors (Lipinski definition) is 5. The SMILES string of the molecule is CC(C)(C)OC(=O)N1CCC(Oc2cccc(-c3cccc(S(C)(=O)=O)c3)c2)CC1. The Balaban J connectivity index is 1.64. The third-order valence-corrected chi connectivity index (χ3v) is 5.94. The van der Waals surface area contributed by atoms with Crippen LogP contribution in [-0.4, -0.2) is 50.5 Å². The number of likely N-dealkylation sites (tertiary alicyclic amines) is 1. The molecule has 0 saturated carbocycles. The van der Waals surface area contributed by atoms with E-state index in [2.05, 4.69) is 0 Å². The first-order valence-electron chi connectivity index (χ1n) is 10.1. The molecule has 162 valence electrons. The number of amides is 1. The molecule has 0 atom stereocenters. The Kier molecular flexibility index (Phi) is 6.41. The quantitative estimate of drug-likeness (QED) is 0.711. The van der Waals surface area contributed by atoms with Crippen LogP contribution in [0.15, 0.2) is 53.4 Å². The minimum Gasteiger partial charge on any atom is -0.490 e. The minimum atomic E-state index is -3.26. The maximum absolute atomic E-state index is 12.2. The van der Waals surface area contributed by atoms with Crippen molar-refractivity contribution in [3.8, 4) is 16.9 Å². The number of carbonyl (C=O) groups is 1. The third kappa shape index (κ3) is 5.98. The number of benzene rings is 2. The molecule has 0 N–H and O–H groups in total. The molecule has 0 aliphatic carbocycles. The van der Waals surface area contributed by atoms with Crippen molar-refractivity contribution < 1.29 is 22.7 Å². The molecule has 0 aromatic heterocycles. The molecule has 1 aliphatic heterocycles. The summed E-state index contributed by atoms with van der Waals surface area (Å²) >= 11 is 0. The lowest BCUT2D eigenvalue weighted by atomic mass is 10.1. The molecule has 2 aromatic rings.